The van der Waals surface area contributed by atoms with Crippen molar-refractivity contribution in [3.8, 4) is 17.1 Å². The highest BCUT2D eigenvalue weighted by molar-refractivity contribution is 14.1. The second-order valence-corrected chi connectivity index (χ2v) is 9.20. The quantitative estimate of drug-likeness (QED) is 0.403. The number of aromatic nitrogens is 3. The Morgan fingerprint density at radius 3 is 2.67 bits per heavy atom. The normalized spacial score (nSPS) is 14.0. The number of anilines is 1. The van der Waals surface area contributed by atoms with E-state index in [1.165, 1.54) is 6.07 Å². The molecule has 1 aliphatic rings. The first-order valence-corrected chi connectivity index (χ1v) is 12.1. The van der Waals surface area contributed by atoms with E-state index in [9.17, 15) is 9.18 Å². The largest absolute Gasteiger partial charge is 0.493 e. The smallest absolute Gasteiger partial charge is 0.244 e. The van der Waals surface area contributed by atoms with Crippen LogP contribution in [0.15, 0.2) is 36.5 Å². The van der Waals surface area contributed by atoms with Crippen LogP contribution in [-0.4, -0.2) is 58.4 Å². The SMILES string of the molecule is CCOc1cc(N2CCN(C(=O)Cn3nc(-c4ccccn4)c(Cl)c3C)CC2)c(F)cc1I. The van der Waals surface area contributed by atoms with Gasteiger partial charge in [0.1, 0.15) is 23.8 Å². The van der Waals surface area contributed by atoms with E-state index in [1.807, 2.05) is 36.9 Å². The van der Waals surface area contributed by atoms with Crippen molar-refractivity contribution < 1.29 is 13.9 Å². The second-order valence-electron chi connectivity index (χ2n) is 7.66. The van der Waals surface area contributed by atoms with E-state index < -0.39 is 0 Å². The molecule has 4 rings (SSSR count). The van der Waals surface area contributed by atoms with Gasteiger partial charge < -0.3 is 14.5 Å². The van der Waals surface area contributed by atoms with Gasteiger partial charge in [0.15, 0.2) is 0 Å². The molecule has 3 heterocycles. The van der Waals surface area contributed by atoms with E-state index in [2.05, 4.69) is 32.7 Å². The molecule has 1 aromatic carbocycles. The Balaban J connectivity index is 1.42. The van der Waals surface area contributed by atoms with Crippen LogP contribution in [0.5, 0.6) is 5.75 Å². The van der Waals surface area contributed by atoms with E-state index in [1.54, 1.807) is 21.8 Å². The zero-order valence-electron chi connectivity index (χ0n) is 18.4. The molecule has 0 bridgehead atoms. The van der Waals surface area contributed by atoms with Crippen molar-refractivity contribution in [1.82, 2.24) is 19.7 Å². The van der Waals surface area contributed by atoms with Crippen LogP contribution in [0.4, 0.5) is 10.1 Å². The van der Waals surface area contributed by atoms with Crippen LogP contribution in [0.3, 0.4) is 0 Å². The number of amides is 1. The molecule has 0 N–H and O–H groups in total. The van der Waals surface area contributed by atoms with Crippen molar-refractivity contribution in [3.05, 3.63) is 56.6 Å². The summed E-state index contributed by atoms with van der Waals surface area (Å²) in [6, 6.07) is 8.75. The minimum Gasteiger partial charge on any atom is -0.493 e. The summed E-state index contributed by atoms with van der Waals surface area (Å²) < 4.78 is 22.6. The van der Waals surface area contributed by atoms with Crippen molar-refractivity contribution in [2.75, 3.05) is 37.7 Å². The lowest BCUT2D eigenvalue weighted by atomic mass is 10.2. The summed E-state index contributed by atoms with van der Waals surface area (Å²) in [5.41, 5.74) is 2.44. The molecular formula is C23H24ClFIN5O2. The number of hydrogen-bond acceptors (Lipinski definition) is 5. The fourth-order valence-corrected chi connectivity index (χ4v) is 4.61. The summed E-state index contributed by atoms with van der Waals surface area (Å²) in [6.07, 6.45) is 1.68. The van der Waals surface area contributed by atoms with Crippen molar-refractivity contribution in [1.29, 1.82) is 0 Å². The lowest BCUT2D eigenvalue weighted by molar-refractivity contribution is -0.132. The van der Waals surface area contributed by atoms with Crippen molar-refractivity contribution >= 4 is 45.8 Å². The van der Waals surface area contributed by atoms with Crippen LogP contribution in [0.1, 0.15) is 12.6 Å². The van der Waals surface area contributed by atoms with E-state index >= 15 is 0 Å². The van der Waals surface area contributed by atoms with Gasteiger partial charge in [0, 0.05) is 38.4 Å². The highest BCUT2D eigenvalue weighted by Crippen LogP contribution is 2.31. The molecule has 2 aromatic heterocycles. The number of pyridine rings is 1. The number of piperazine rings is 1. The zero-order chi connectivity index (χ0) is 23.5. The second kappa shape index (κ2) is 10.3. The van der Waals surface area contributed by atoms with Crippen LogP contribution in [0.2, 0.25) is 5.02 Å². The summed E-state index contributed by atoms with van der Waals surface area (Å²) in [5.74, 6) is 0.330. The molecule has 7 nitrogen and oxygen atoms in total. The molecule has 0 saturated carbocycles. The van der Waals surface area contributed by atoms with E-state index in [0.717, 1.165) is 3.57 Å². The van der Waals surface area contributed by atoms with Gasteiger partial charge in [0.05, 0.1) is 32.3 Å². The summed E-state index contributed by atoms with van der Waals surface area (Å²) >= 11 is 8.54. The maximum Gasteiger partial charge on any atom is 0.244 e. The van der Waals surface area contributed by atoms with E-state index in [-0.39, 0.29) is 18.3 Å². The molecule has 33 heavy (non-hydrogen) atoms. The minimum absolute atomic E-state index is 0.0532. The lowest BCUT2D eigenvalue weighted by Gasteiger charge is -2.36. The van der Waals surface area contributed by atoms with Crippen LogP contribution >= 0.6 is 34.2 Å². The van der Waals surface area contributed by atoms with Crippen molar-refractivity contribution in [3.63, 3.8) is 0 Å². The third kappa shape index (κ3) is 5.08. The summed E-state index contributed by atoms with van der Waals surface area (Å²) in [5, 5.41) is 5.02. The molecule has 0 unspecified atom stereocenters. The highest BCUT2D eigenvalue weighted by Gasteiger charge is 2.25. The zero-order valence-corrected chi connectivity index (χ0v) is 21.3. The topological polar surface area (TPSA) is 63.5 Å². The van der Waals surface area contributed by atoms with Gasteiger partial charge in [0.2, 0.25) is 5.91 Å². The number of rotatable bonds is 6. The van der Waals surface area contributed by atoms with E-state index in [4.69, 9.17) is 16.3 Å². The minimum atomic E-state index is -0.286. The standard InChI is InChI=1S/C23H24ClFIN5O2/c1-3-33-20-13-19(16(25)12-17(20)26)29-8-10-30(11-9-29)21(32)14-31-15(2)22(24)23(28-31)18-6-4-5-7-27-18/h4-7,12-13H,3,8-11,14H2,1-2H3. The maximum atomic E-state index is 14.6. The molecule has 1 amide bonds. The van der Waals surface area contributed by atoms with Crippen LogP contribution < -0.4 is 9.64 Å². The molecule has 10 heteroatoms. The summed E-state index contributed by atoms with van der Waals surface area (Å²) in [6.45, 7) is 6.40. The molecule has 1 aliphatic heterocycles. The van der Waals surface area contributed by atoms with Gasteiger partial charge in [0.25, 0.3) is 0 Å². The Morgan fingerprint density at radius 2 is 2.00 bits per heavy atom. The van der Waals surface area contributed by atoms with Crippen LogP contribution in [0.25, 0.3) is 11.4 Å². The Kier molecular flexibility index (Phi) is 7.38. The van der Waals surface area contributed by atoms with Crippen LogP contribution in [0, 0.1) is 16.3 Å². The Labute approximate surface area is 210 Å². The number of ether oxygens (including phenoxy) is 1. The average Bonchev–Trinajstić information content (AvgIpc) is 3.10. The molecule has 1 fully saturated rings. The van der Waals surface area contributed by atoms with Gasteiger partial charge in [-0.15, -0.1) is 0 Å². The monoisotopic (exact) mass is 583 g/mol. The Bertz CT molecular complexity index is 1150. The number of carbonyl (C=O) groups is 1. The predicted molar refractivity (Wildman–Crippen MR) is 134 cm³/mol. The number of halogens is 3. The number of carbonyl (C=O) groups excluding carboxylic acids is 1. The molecule has 0 spiro atoms. The molecule has 0 radical (unpaired) electrons. The van der Waals surface area contributed by atoms with Gasteiger partial charge in [-0.3, -0.25) is 14.5 Å². The maximum absolute atomic E-state index is 14.6. The third-order valence-corrected chi connectivity index (χ3v) is 6.90. The number of hydrogen-bond donors (Lipinski definition) is 0. The van der Waals surface area contributed by atoms with Gasteiger partial charge in [-0.25, -0.2) is 4.39 Å². The molecule has 0 atom stereocenters. The Morgan fingerprint density at radius 1 is 1.24 bits per heavy atom. The van der Waals surface area contributed by atoms with Crippen molar-refractivity contribution in [2.24, 2.45) is 0 Å². The lowest BCUT2D eigenvalue weighted by Crippen LogP contribution is -2.50. The van der Waals surface area contributed by atoms with E-state index in [0.29, 0.717) is 66.3 Å². The molecule has 1 saturated heterocycles. The fraction of sp³-hybridized carbons (Fsp3) is 0.348. The molecule has 0 aliphatic carbocycles. The van der Waals surface area contributed by atoms with Gasteiger partial charge in [-0.2, -0.15) is 5.10 Å². The van der Waals surface area contributed by atoms with Crippen LogP contribution in [-0.2, 0) is 11.3 Å². The number of nitrogens with zero attached hydrogens (tertiary/aromatic N) is 5. The van der Waals surface area contributed by atoms with Gasteiger partial charge in [-0.05, 0) is 54.6 Å². The molecular weight excluding hydrogens is 560 g/mol. The van der Waals surface area contributed by atoms with Gasteiger partial charge >= 0.3 is 0 Å². The first kappa shape index (κ1) is 23.7. The first-order valence-electron chi connectivity index (χ1n) is 10.7. The highest BCUT2D eigenvalue weighted by atomic mass is 127. The number of benzene rings is 1. The Hall–Kier alpha value is -2.40. The summed E-state index contributed by atoms with van der Waals surface area (Å²) in [7, 11) is 0. The average molecular weight is 584 g/mol. The summed E-state index contributed by atoms with van der Waals surface area (Å²) in [4.78, 5) is 21.0. The van der Waals surface area contributed by atoms with Crippen molar-refractivity contribution in [2.45, 2.75) is 20.4 Å². The fourth-order valence-electron chi connectivity index (χ4n) is 3.80. The third-order valence-electron chi connectivity index (χ3n) is 5.60. The predicted octanol–water partition coefficient (Wildman–Crippen LogP) is 4.40. The molecule has 174 valence electrons. The molecule has 3 aromatic rings. The van der Waals surface area contributed by atoms with Gasteiger partial charge in [-0.1, -0.05) is 17.7 Å². The first-order chi connectivity index (χ1) is 15.9.